The number of Topliss-reactive ketones (excluding diaryl/α,β-unsaturated/α-hetero) is 1. The van der Waals surface area contributed by atoms with Crippen molar-refractivity contribution < 1.29 is 24.0 Å². The standard InChI is InChI=1S/C16H12N2O6/c1-10(20)12-4-2-3-5-15(12)24-16(21)11-6-7-13(17-9-19)14(8-11)18(22)23/h2-9H,1H3,(H,17,19). The predicted octanol–water partition coefficient (Wildman–Crippen LogP) is 2.58. The monoisotopic (exact) mass is 328 g/mol. The van der Waals surface area contributed by atoms with E-state index in [-0.39, 0.29) is 28.3 Å². The fourth-order valence-electron chi connectivity index (χ4n) is 2.00. The number of ether oxygens (including phenoxy) is 1. The molecule has 2 rings (SSSR count). The van der Waals surface area contributed by atoms with Crippen LogP contribution < -0.4 is 10.1 Å². The van der Waals surface area contributed by atoms with Gasteiger partial charge in [-0.2, -0.15) is 0 Å². The molecule has 0 aliphatic heterocycles. The number of anilines is 1. The molecule has 0 aliphatic carbocycles. The van der Waals surface area contributed by atoms with Crippen molar-refractivity contribution >= 4 is 29.5 Å². The normalized spacial score (nSPS) is 9.88. The molecular weight excluding hydrogens is 316 g/mol. The molecule has 0 radical (unpaired) electrons. The number of benzene rings is 2. The molecule has 0 aliphatic rings. The Morgan fingerprint density at radius 2 is 1.92 bits per heavy atom. The fraction of sp³-hybridized carbons (Fsp3) is 0.0625. The Morgan fingerprint density at radius 3 is 2.54 bits per heavy atom. The van der Waals surface area contributed by atoms with Crippen LogP contribution in [0.5, 0.6) is 5.75 Å². The number of para-hydroxylation sites is 1. The largest absolute Gasteiger partial charge is 0.422 e. The molecule has 0 spiro atoms. The lowest BCUT2D eigenvalue weighted by Gasteiger charge is -2.08. The zero-order valence-corrected chi connectivity index (χ0v) is 12.5. The van der Waals surface area contributed by atoms with Crippen molar-refractivity contribution in [1.29, 1.82) is 0 Å². The number of carbonyl (C=O) groups excluding carboxylic acids is 3. The molecule has 122 valence electrons. The van der Waals surface area contributed by atoms with Gasteiger partial charge in [0.05, 0.1) is 16.1 Å². The van der Waals surface area contributed by atoms with Gasteiger partial charge >= 0.3 is 5.97 Å². The van der Waals surface area contributed by atoms with E-state index < -0.39 is 16.6 Å². The summed E-state index contributed by atoms with van der Waals surface area (Å²) in [6.45, 7) is 1.33. The van der Waals surface area contributed by atoms with Gasteiger partial charge in [-0.1, -0.05) is 12.1 Å². The number of nitro groups is 1. The summed E-state index contributed by atoms with van der Waals surface area (Å²) >= 11 is 0. The summed E-state index contributed by atoms with van der Waals surface area (Å²) in [5.41, 5.74) is -0.358. The summed E-state index contributed by atoms with van der Waals surface area (Å²) in [7, 11) is 0. The molecule has 0 fully saturated rings. The fourth-order valence-corrected chi connectivity index (χ4v) is 2.00. The number of hydrogen-bond donors (Lipinski definition) is 1. The van der Waals surface area contributed by atoms with Crippen LogP contribution in [0.2, 0.25) is 0 Å². The summed E-state index contributed by atoms with van der Waals surface area (Å²) in [6.07, 6.45) is 0.295. The van der Waals surface area contributed by atoms with E-state index in [0.29, 0.717) is 6.41 Å². The van der Waals surface area contributed by atoms with Crippen LogP contribution >= 0.6 is 0 Å². The predicted molar refractivity (Wildman–Crippen MR) is 84.2 cm³/mol. The molecule has 0 saturated heterocycles. The highest BCUT2D eigenvalue weighted by atomic mass is 16.6. The minimum absolute atomic E-state index is 0.0457. The minimum Gasteiger partial charge on any atom is -0.422 e. The van der Waals surface area contributed by atoms with Crippen molar-refractivity contribution in [3.05, 3.63) is 63.7 Å². The molecule has 0 aromatic heterocycles. The van der Waals surface area contributed by atoms with E-state index >= 15 is 0 Å². The van der Waals surface area contributed by atoms with Gasteiger partial charge in [-0.25, -0.2) is 4.79 Å². The van der Waals surface area contributed by atoms with Gasteiger partial charge in [0.1, 0.15) is 11.4 Å². The molecule has 8 nitrogen and oxygen atoms in total. The van der Waals surface area contributed by atoms with Crippen molar-refractivity contribution in [3.63, 3.8) is 0 Å². The van der Waals surface area contributed by atoms with Crippen LogP contribution in [0.1, 0.15) is 27.6 Å². The van der Waals surface area contributed by atoms with Crippen LogP contribution in [0.4, 0.5) is 11.4 Å². The Bertz CT molecular complexity index is 831. The number of carbonyl (C=O) groups is 3. The molecule has 0 atom stereocenters. The van der Waals surface area contributed by atoms with E-state index in [4.69, 9.17) is 4.74 Å². The zero-order chi connectivity index (χ0) is 17.7. The van der Waals surface area contributed by atoms with E-state index in [1.165, 1.54) is 31.2 Å². The van der Waals surface area contributed by atoms with Crippen molar-refractivity contribution in [2.45, 2.75) is 6.92 Å². The zero-order valence-electron chi connectivity index (χ0n) is 12.5. The first kappa shape index (κ1) is 16.8. The van der Waals surface area contributed by atoms with Gasteiger partial charge in [0, 0.05) is 6.07 Å². The molecule has 1 N–H and O–H groups in total. The Balaban J connectivity index is 2.34. The number of rotatable bonds is 6. The maximum Gasteiger partial charge on any atom is 0.343 e. The second kappa shape index (κ2) is 7.14. The van der Waals surface area contributed by atoms with Gasteiger partial charge in [0.15, 0.2) is 5.78 Å². The van der Waals surface area contributed by atoms with Crippen molar-refractivity contribution in [2.24, 2.45) is 0 Å². The maximum absolute atomic E-state index is 12.2. The van der Waals surface area contributed by atoms with E-state index in [1.54, 1.807) is 12.1 Å². The van der Waals surface area contributed by atoms with Crippen LogP contribution in [0.3, 0.4) is 0 Å². The lowest BCUT2D eigenvalue weighted by Crippen LogP contribution is -2.12. The molecule has 1 amide bonds. The van der Waals surface area contributed by atoms with Crippen LogP contribution in [-0.4, -0.2) is 23.1 Å². The summed E-state index contributed by atoms with van der Waals surface area (Å²) in [6, 6.07) is 9.66. The minimum atomic E-state index is -0.857. The quantitative estimate of drug-likeness (QED) is 0.218. The van der Waals surface area contributed by atoms with E-state index in [9.17, 15) is 24.5 Å². The van der Waals surface area contributed by atoms with Gasteiger partial charge in [0.25, 0.3) is 5.69 Å². The van der Waals surface area contributed by atoms with Gasteiger partial charge in [0.2, 0.25) is 6.41 Å². The molecule has 2 aromatic rings. The third kappa shape index (κ3) is 3.61. The molecule has 24 heavy (non-hydrogen) atoms. The van der Waals surface area contributed by atoms with E-state index in [1.807, 2.05) is 0 Å². The average molecular weight is 328 g/mol. The highest BCUT2D eigenvalue weighted by Gasteiger charge is 2.19. The number of nitro benzene ring substituents is 1. The lowest BCUT2D eigenvalue weighted by molar-refractivity contribution is -0.383. The second-order valence-corrected chi connectivity index (χ2v) is 4.69. The molecule has 0 saturated carbocycles. The Morgan fingerprint density at radius 1 is 1.21 bits per heavy atom. The van der Waals surface area contributed by atoms with Crippen molar-refractivity contribution in [3.8, 4) is 5.75 Å². The van der Waals surface area contributed by atoms with Gasteiger partial charge in [-0.15, -0.1) is 0 Å². The van der Waals surface area contributed by atoms with Crippen molar-refractivity contribution in [1.82, 2.24) is 0 Å². The number of nitrogens with one attached hydrogen (secondary N) is 1. The average Bonchev–Trinajstić information content (AvgIpc) is 2.55. The van der Waals surface area contributed by atoms with E-state index in [2.05, 4.69) is 5.32 Å². The van der Waals surface area contributed by atoms with Gasteiger partial charge in [-0.3, -0.25) is 19.7 Å². The second-order valence-electron chi connectivity index (χ2n) is 4.69. The maximum atomic E-state index is 12.2. The summed E-state index contributed by atoms with van der Waals surface area (Å²) < 4.78 is 5.16. The third-order valence-corrected chi connectivity index (χ3v) is 3.11. The highest BCUT2D eigenvalue weighted by Crippen LogP contribution is 2.26. The number of hydrogen-bond acceptors (Lipinski definition) is 6. The molecule has 0 unspecified atom stereocenters. The SMILES string of the molecule is CC(=O)c1ccccc1OC(=O)c1ccc(NC=O)c([N+](=O)[O-])c1. The summed E-state index contributed by atoms with van der Waals surface area (Å²) in [4.78, 5) is 44.5. The Hall–Kier alpha value is -3.55. The molecule has 0 bridgehead atoms. The van der Waals surface area contributed by atoms with E-state index in [0.717, 1.165) is 6.07 Å². The molecule has 2 aromatic carbocycles. The van der Waals surface area contributed by atoms with Crippen LogP contribution in [-0.2, 0) is 4.79 Å². The first-order chi connectivity index (χ1) is 11.4. The van der Waals surface area contributed by atoms with Gasteiger partial charge in [-0.05, 0) is 31.2 Å². The summed E-state index contributed by atoms with van der Waals surface area (Å²) in [5, 5.41) is 13.2. The smallest absolute Gasteiger partial charge is 0.343 e. The third-order valence-electron chi connectivity index (χ3n) is 3.11. The number of nitrogens with zero attached hydrogens (tertiary/aromatic N) is 1. The lowest BCUT2D eigenvalue weighted by atomic mass is 10.1. The highest BCUT2D eigenvalue weighted by molar-refractivity contribution is 5.99. The van der Waals surface area contributed by atoms with Gasteiger partial charge < -0.3 is 10.1 Å². The molecule has 8 heteroatoms. The number of ketones is 1. The Kier molecular flexibility index (Phi) is 5.00. The summed E-state index contributed by atoms with van der Waals surface area (Å²) in [5.74, 6) is -1.08. The topological polar surface area (TPSA) is 116 Å². The molecular formula is C16H12N2O6. The van der Waals surface area contributed by atoms with Crippen LogP contribution in [0, 0.1) is 10.1 Å². The van der Waals surface area contributed by atoms with Crippen LogP contribution in [0.25, 0.3) is 0 Å². The first-order valence-corrected chi connectivity index (χ1v) is 6.75. The first-order valence-electron chi connectivity index (χ1n) is 6.75. The Labute approximate surface area is 136 Å². The number of esters is 1. The van der Waals surface area contributed by atoms with Crippen LogP contribution in [0.15, 0.2) is 42.5 Å². The molecule has 0 heterocycles. The number of amides is 1. The van der Waals surface area contributed by atoms with Crippen molar-refractivity contribution in [2.75, 3.05) is 5.32 Å².